The third-order valence-corrected chi connectivity index (χ3v) is 4.47. The van der Waals surface area contributed by atoms with Crippen molar-refractivity contribution in [3.63, 3.8) is 0 Å². The van der Waals surface area contributed by atoms with Crippen LogP contribution < -0.4 is 0 Å². The summed E-state index contributed by atoms with van der Waals surface area (Å²) in [4.78, 5) is 10.3. The van der Waals surface area contributed by atoms with E-state index in [-0.39, 0.29) is 0 Å². The average molecular weight is 319 g/mol. The Labute approximate surface area is 136 Å². The molecular weight excluding hydrogens is 284 g/mol. The van der Waals surface area contributed by atoms with Crippen LogP contribution in [0.25, 0.3) is 0 Å². The van der Waals surface area contributed by atoms with E-state index < -0.39 is 5.97 Å². The minimum atomic E-state index is -0.666. The zero-order chi connectivity index (χ0) is 15.8. The molecule has 0 aliphatic rings. The van der Waals surface area contributed by atoms with E-state index in [0.717, 1.165) is 12.8 Å². The summed E-state index contributed by atoms with van der Waals surface area (Å²) in [5.74, 6) is -0.666. The number of hydrogen-bond acceptors (Lipinski definition) is 1. The van der Waals surface area contributed by atoms with Crippen LogP contribution in [0.4, 0.5) is 0 Å². The molecule has 0 heterocycles. The number of aliphatic carboxylic acids is 1. The predicted molar refractivity (Wildman–Crippen MR) is 92.2 cm³/mol. The van der Waals surface area contributed by atoms with Crippen molar-refractivity contribution in [3.05, 3.63) is 0 Å². The van der Waals surface area contributed by atoms with Gasteiger partial charge in [0.2, 0.25) is 0 Å². The summed E-state index contributed by atoms with van der Waals surface area (Å²) in [6.45, 7) is 2.24. The Hall–Kier alpha value is -0.240. The highest BCUT2D eigenvalue weighted by Gasteiger charge is 2.03. The number of alkyl halides is 1. The van der Waals surface area contributed by atoms with Crippen molar-refractivity contribution in [2.75, 3.05) is 0 Å². The van der Waals surface area contributed by atoms with Crippen molar-refractivity contribution in [3.8, 4) is 0 Å². The van der Waals surface area contributed by atoms with Gasteiger partial charge in [0, 0.05) is 11.8 Å². The molecule has 126 valence electrons. The van der Waals surface area contributed by atoms with E-state index in [1.54, 1.807) is 0 Å². The van der Waals surface area contributed by atoms with Gasteiger partial charge in [0.05, 0.1) is 0 Å². The summed E-state index contributed by atoms with van der Waals surface area (Å²) in [6, 6.07) is 0. The minimum absolute atomic E-state index is 0.329. The van der Waals surface area contributed by atoms with Gasteiger partial charge in [-0.2, -0.15) is 0 Å². The van der Waals surface area contributed by atoms with E-state index in [9.17, 15) is 4.79 Å². The van der Waals surface area contributed by atoms with Crippen molar-refractivity contribution in [1.82, 2.24) is 0 Å². The maximum Gasteiger partial charge on any atom is 0.303 e. The summed E-state index contributed by atoms with van der Waals surface area (Å²) in [6.07, 6.45) is 17.4. The fraction of sp³-hybridized carbons (Fsp3) is 0.944. The molecule has 0 bridgehead atoms. The van der Waals surface area contributed by atoms with Crippen LogP contribution >= 0.6 is 11.6 Å². The van der Waals surface area contributed by atoms with Crippen molar-refractivity contribution in [2.24, 2.45) is 0 Å². The molecule has 0 aliphatic heterocycles. The molecule has 0 aromatic heterocycles. The largest absolute Gasteiger partial charge is 0.481 e. The number of carboxylic acids is 1. The zero-order valence-corrected chi connectivity index (χ0v) is 14.7. The van der Waals surface area contributed by atoms with Gasteiger partial charge in [-0.3, -0.25) is 4.79 Å². The first kappa shape index (κ1) is 20.8. The first-order valence-corrected chi connectivity index (χ1v) is 9.46. The van der Waals surface area contributed by atoms with Crippen LogP contribution in [0.2, 0.25) is 0 Å². The number of carbonyl (C=O) groups is 1. The molecule has 0 spiro atoms. The molecule has 3 heteroatoms. The summed E-state index contributed by atoms with van der Waals surface area (Å²) in [5, 5.41) is 8.91. The quantitative estimate of drug-likeness (QED) is 0.259. The van der Waals surface area contributed by atoms with E-state index in [4.69, 9.17) is 16.7 Å². The molecule has 0 saturated heterocycles. The Morgan fingerprint density at radius 2 is 1.24 bits per heavy atom. The number of carboxylic acid groups (broad SMARTS) is 1. The second-order valence-electron chi connectivity index (χ2n) is 6.21. The Balaban J connectivity index is 3.12. The van der Waals surface area contributed by atoms with E-state index in [0.29, 0.717) is 11.8 Å². The first-order chi connectivity index (χ1) is 10.2. The number of halogens is 1. The average Bonchev–Trinajstić information content (AvgIpc) is 2.45. The number of hydrogen-bond donors (Lipinski definition) is 1. The third-order valence-electron chi connectivity index (χ3n) is 4.03. The van der Waals surface area contributed by atoms with Gasteiger partial charge < -0.3 is 5.11 Å². The number of rotatable bonds is 16. The van der Waals surface area contributed by atoms with Crippen molar-refractivity contribution >= 4 is 17.6 Å². The highest BCUT2D eigenvalue weighted by Crippen LogP contribution is 2.17. The second kappa shape index (κ2) is 16.1. The molecule has 0 aliphatic carbocycles. The van der Waals surface area contributed by atoms with Crippen LogP contribution in [-0.2, 0) is 4.79 Å². The lowest BCUT2D eigenvalue weighted by Gasteiger charge is -2.09. The summed E-state index contributed by atoms with van der Waals surface area (Å²) in [5.41, 5.74) is 0. The highest BCUT2D eigenvalue weighted by molar-refractivity contribution is 6.20. The van der Waals surface area contributed by atoms with Crippen molar-refractivity contribution < 1.29 is 9.90 Å². The molecule has 1 N–H and O–H groups in total. The standard InChI is InChI=1S/C18H35ClO2/c1-2-3-4-11-14-17(19)15-12-9-7-5-6-8-10-13-16-18(20)21/h17H,2-16H2,1H3,(H,20,21). The summed E-state index contributed by atoms with van der Waals surface area (Å²) < 4.78 is 0. The lowest BCUT2D eigenvalue weighted by molar-refractivity contribution is -0.137. The van der Waals surface area contributed by atoms with Gasteiger partial charge >= 0.3 is 5.97 Å². The van der Waals surface area contributed by atoms with Gasteiger partial charge in [0.25, 0.3) is 0 Å². The normalized spacial score (nSPS) is 12.5. The Morgan fingerprint density at radius 3 is 1.71 bits per heavy atom. The van der Waals surface area contributed by atoms with Gasteiger partial charge in [0.1, 0.15) is 0 Å². The topological polar surface area (TPSA) is 37.3 Å². The maximum atomic E-state index is 10.3. The highest BCUT2D eigenvalue weighted by atomic mass is 35.5. The maximum absolute atomic E-state index is 10.3. The van der Waals surface area contributed by atoms with Gasteiger partial charge in [0.15, 0.2) is 0 Å². The molecule has 1 atom stereocenters. The van der Waals surface area contributed by atoms with Crippen LogP contribution in [0.15, 0.2) is 0 Å². The molecule has 0 fully saturated rings. The third kappa shape index (κ3) is 17.7. The molecule has 0 saturated carbocycles. The minimum Gasteiger partial charge on any atom is -0.481 e. The first-order valence-electron chi connectivity index (χ1n) is 9.02. The SMILES string of the molecule is CCCCCCC(Cl)CCCCCCCCCCC(=O)O. The smallest absolute Gasteiger partial charge is 0.303 e. The van der Waals surface area contributed by atoms with Gasteiger partial charge in [-0.1, -0.05) is 77.6 Å². The predicted octanol–water partition coefficient (Wildman–Crippen LogP) is 6.55. The lowest BCUT2D eigenvalue weighted by Crippen LogP contribution is -1.98. The van der Waals surface area contributed by atoms with Crippen LogP contribution in [0.1, 0.15) is 103 Å². The van der Waals surface area contributed by atoms with Gasteiger partial charge in [-0.25, -0.2) is 0 Å². The molecule has 2 nitrogen and oxygen atoms in total. The van der Waals surface area contributed by atoms with E-state index in [2.05, 4.69) is 6.92 Å². The Kier molecular flexibility index (Phi) is 16.0. The van der Waals surface area contributed by atoms with Crippen LogP contribution in [0, 0.1) is 0 Å². The Bertz CT molecular complexity index is 231. The second-order valence-corrected chi connectivity index (χ2v) is 6.82. The van der Waals surface area contributed by atoms with Crippen LogP contribution in [-0.4, -0.2) is 16.5 Å². The lowest BCUT2D eigenvalue weighted by atomic mass is 10.0. The zero-order valence-electron chi connectivity index (χ0n) is 13.9. The van der Waals surface area contributed by atoms with Crippen LogP contribution in [0.5, 0.6) is 0 Å². The van der Waals surface area contributed by atoms with Crippen molar-refractivity contribution in [1.29, 1.82) is 0 Å². The van der Waals surface area contributed by atoms with Gasteiger partial charge in [-0.05, 0) is 19.3 Å². The molecule has 0 rings (SSSR count). The van der Waals surface area contributed by atoms with Crippen molar-refractivity contribution in [2.45, 2.75) is 109 Å². The summed E-state index contributed by atoms with van der Waals surface area (Å²) in [7, 11) is 0. The van der Waals surface area contributed by atoms with Gasteiger partial charge in [-0.15, -0.1) is 11.6 Å². The monoisotopic (exact) mass is 318 g/mol. The molecule has 0 aromatic carbocycles. The van der Waals surface area contributed by atoms with E-state index >= 15 is 0 Å². The Morgan fingerprint density at radius 1 is 0.810 bits per heavy atom. The fourth-order valence-electron chi connectivity index (χ4n) is 2.64. The molecule has 1 unspecified atom stereocenters. The number of unbranched alkanes of at least 4 members (excludes halogenated alkanes) is 10. The summed E-state index contributed by atoms with van der Waals surface area (Å²) >= 11 is 6.33. The van der Waals surface area contributed by atoms with Crippen LogP contribution in [0.3, 0.4) is 0 Å². The molecule has 0 aromatic rings. The molecule has 0 radical (unpaired) electrons. The fourth-order valence-corrected chi connectivity index (χ4v) is 2.95. The molecular formula is C18H35ClO2. The molecule has 21 heavy (non-hydrogen) atoms. The molecule has 0 amide bonds. The van der Waals surface area contributed by atoms with E-state index in [1.165, 1.54) is 77.0 Å². The van der Waals surface area contributed by atoms with E-state index in [1.807, 2.05) is 0 Å².